The molecule has 0 saturated heterocycles. The average Bonchev–Trinajstić information content (AvgIpc) is 2.06. The van der Waals surface area contributed by atoms with Crippen LogP contribution in [-0.2, 0) is 17.6 Å². The Bertz CT molecular complexity index is 245. The lowest BCUT2D eigenvalue weighted by Crippen LogP contribution is -1.92. The van der Waals surface area contributed by atoms with Crippen molar-refractivity contribution in [3.05, 3.63) is 29.6 Å². The number of carbonyl (C=O) groups excluding carboxylic acids is 1. The van der Waals surface area contributed by atoms with Crippen LogP contribution in [0.5, 0.6) is 0 Å². The van der Waals surface area contributed by atoms with Crippen LogP contribution in [0.1, 0.15) is 18.2 Å². The number of aromatic nitrogens is 1. The van der Waals surface area contributed by atoms with Crippen LogP contribution in [0.4, 0.5) is 0 Å². The van der Waals surface area contributed by atoms with E-state index in [0.717, 1.165) is 18.4 Å². The predicted octanol–water partition coefficient (Wildman–Crippen LogP) is 1.39. The molecule has 11 heavy (non-hydrogen) atoms. The summed E-state index contributed by atoms with van der Waals surface area (Å²) in [7, 11) is 0. The molecule has 58 valence electrons. The number of pyridine rings is 1. The van der Waals surface area contributed by atoms with Crippen LogP contribution in [0.3, 0.4) is 0 Å². The van der Waals surface area contributed by atoms with Crippen molar-refractivity contribution in [2.75, 3.05) is 0 Å². The maximum Gasteiger partial charge on any atom is 0.125 e. The third-order valence-electron chi connectivity index (χ3n) is 1.58. The number of hydrogen-bond acceptors (Lipinski definition) is 2. The molecule has 0 saturated carbocycles. The van der Waals surface area contributed by atoms with E-state index < -0.39 is 0 Å². The molecule has 0 amide bonds. The summed E-state index contributed by atoms with van der Waals surface area (Å²) in [5, 5.41) is 0. The van der Waals surface area contributed by atoms with Gasteiger partial charge in [0.2, 0.25) is 0 Å². The molecule has 0 aliphatic heterocycles. The zero-order chi connectivity index (χ0) is 8.10. The summed E-state index contributed by atoms with van der Waals surface area (Å²) < 4.78 is 0. The second-order valence-corrected chi connectivity index (χ2v) is 2.38. The summed E-state index contributed by atoms with van der Waals surface area (Å²) in [4.78, 5) is 14.2. The normalized spacial score (nSPS) is 9.55. The average molecular weight is 149 g/mol. The molecule has 1 rings (SSSR count). The van der Waals surface area contributed by atoms with Crippen LogP contribution in [0.15, 0.2) is 18.3 Å². The second kappa shape index (κ2) is 3.86. The highest BCUT2D eigenvalue weighted by atomic mass is 16.1. The summed E-state index contributed by atoms with van der Waals surface area (Å²) in [6.45, 7) is 2.08. The van der Waals surface area contributed by atoms with Crippen molar-refractivity contribution in [3.8, 4) is 0 Å². The molecular weight excluding hydrogens is 138 g/mol. The third-order valence-corrected chi connectivity index (χ3v) is 1.58. The molecule has 2 heteroatoms. The Balaban J connectivity index is 2.82. The molecule has 2 nitrogen and oxygen atoms in total. The summed E-state index contributed by atoms with van der Waals surface area (Å²) >= 11 is 0. The first kappa shape index (κ1) is 7.92. The molecule has 0 radical (unpaired) electrons. The van der Waals surface area contributed by atoms with Gasteiger partial charge >= 0.3 is 0 Å². The molecule has 0 spiro atoms. The summed E-state index contributed by atoms with van der Waals surface area (Å²) in [5.41, 5.74) is 2.09. The topological polar surface area (TPSA) is 30.0 Å². The standard InChI is InChI=1S/C9H11NO/c1-2-8-3-5-10-9(7-8)4-6-11/h3,5-7H,2,4H2,1H3. The summed E-state index contributed by atoms with van der Waals surface area (Å²) in [6.07, 6.45) is 4.04. The Kier molecular flexibility index (Phi) is 2.78. The number of carbonyl (C=O) groups is 1. The van der Waals surface area contributed by atoms with Crippen LogP contribution in [0.25, 0.3) is 0 Å². The van der Waals surface area contributed by atoms with Crippen LogP contribution < -0.4 is 0 Å². The third kappa shape index (κ3) is 2.15. The van der Waals surface area contributed by atoms with E-state index >= 15 is 0 Å². The van der Waals surface area contributed by atoms with Gasteiger partial charge in [-0.3, -0.25) is 4.98 Å². The van der Waals surface area contributed by atoms with Crippen LogP contribution >= 0.6 is 0 Å². The minimum Gasteiger partial charge on any atom is -0.303 e. The first-order valence-corrected chi connectivity index (χ1v) is 3.74. The Hall–Kier alpha value is -1.18. The van der Waals surface area contributed by atoms with Gasteiger partial charge in [-0.1, -0.05) is 6.92 Å². The molecule has 0 aliphatic rings. The number of nitrogens with zero attached hydrogens (tertiary/aromatic N) is 1. The van der Waals surface area contributed by atoms with Crippen LogP contribution in [0.2, 0.25) is 0 Å². The van der Waals surface area contributed by atoms with E-state index in [0.29, 0.717) is 6.42 Å². The van der Waals surface area contributed by atoms with Crippen molar-refractivity contribution >= 4 is 6.29 Å². The lowest BCUT2D eigenvalue weighted by atomic mass is 10.1. The number of aryl methyl sites for hydroxylation is 1. The molecule has 0 unspecified atom stereocenters. The van der Waals surface area contributed by atoms with Crippen molar-refractivity contribution in [1.29, 1.82) is 0 Å². The smallest absolute Gasteiger partial charge is 0.125 e. The fourth-order valence-electron chi connectivity index (χ4n) is 0.945. The largest absolute Gasteiger partial charge is 0.303 e. The molecule has 0 bridgehead atoms. The van der Waals surface area contributed by atoms with Crippen LogP contribution in [-0.4, -0.2) is 11.3 Å². The number of hydrogen-bond donors (Lipinski definition) is 0. The second-order valence-electron chi connectivity index (χ2n) is 2.38. The van der Waals surface area contributed by atoms with Gasteiger partial charge in [-0.2, -0.15) is 0 Å². The molecule has 0 atom stereocenters. The first-order chi connectivity index (χ1) is 5.36. The van der Waals surface area contributed by atoms with E-state index in [4.69, 9.17) is 0 Å². The van der Waals surface area contributed by atoms with Gasteiger partial charge in [0.15, 0.2) is 0 Å². The van der Waals surface area contributed by atoms with E-state index in [1.54, 1.807) is 6.20 Å². The van der Waals surface area contributed by atoms with Crippen molar-refractivity contribution < 1.29 is 4.79 Å². The Morgan fingerprint density at radius 2 is 2.45 bits per heavy atom. The Morgan fingerprint density at radius 3 is 3.09 bits per heavy atom. The van der Waals surface area contributed by atoms with E-state index in [2.05, 4.69) is 11.9 Å². The van der Waals surface area contributed by atoms with Crippen LogP contribution in [0, 0.1) is 0 Å². The van der Waals surface area contributed by atoms with Gasteiger partial charge in [0, 0.05) is 18.3 Å². The number of aldehydes is 1. The minimum absolute atomic E-state index is 0.424. The van der Waals surface area contributed by atoms with Crippen molar-refractivity contribution in [1.82, 2.24) is 4.98 Å². The highest BCUT2D eigenvalue weighted by molar-refractivity contribution is 5.53. The quantitative estimate of drug-likeness (QED) is 0.608. The van der Waals surface area contributed by atoms with Gasteiger partial charge in [-0.15, -0.1) is 0 Å². The Labute approximate surface area is 66.3 Å². The summed E-state index contributed by atoms with van der Waals surface area (Å²) in [5.74, 6) is 0. The SMILES string of the molecule is CCc1ccnc(CC=O)c1. The summed E-state index contributed by atoms with van der Waals surface area (Å²) in [6, 6.07) is 3.93. The fraction of sp³-hybridized carbons (Fsp3) is 0.333. The van der Waals surface area contributed by atoms with E-state index in [9.17, 15) is 4.79 Å². The van der Waals surface area contributed by atoms with Gasteiger partial charge in [-0.25, -0.2) is 0 Å². The van der Waals surface area contributed by atoms with Crippen molar-refractivity contribution in [3.63, 3.8) is 0 Å². The van der Waals surface area contributed by atoms with Gasteiger partial charge < -0.3 is 4.79 Å². The van der Waals surface area contributed by atoms with Gasteiger partial charge in [0.05, 0.1) is 0 Å². The molecule has 0 fully saturated rings. The minimum atomic E-state index is 0.424. The lowest BCUT2D eigenvalue weighted by Gasteiger charge is -1.97. The number of rotatable bonds is 3. The van der Waals surface area contributed by atoms with E-state index in [1.807, 2.05) is 12.1 Å². The monoisotopic (exact) mass is 149 g/mol. The molecular formula is C9H11NO. The molecule has 0 aliphatic carbocycles. The van der Waals surface area contributed by atoms with Crippen molar-refractivity contribution in [2.24, 2.45) is 0 Å². The highest BCUT2D eigenvalue weighted by Crippen LogP contribution is 2.01. The van der Waals surface area contributed by atoms with Gasteiger partial charge in [0.25, 0.3) is 0 Å². The maximum absolute atomic E-state index is 10.1. The zero-order valence-corrected chi connectivity index (χ0v) is 6.58. The van der Waals surface area contributed by atoms with E-state index in [-0.39, 0.29) is 0 Å². The zero-order valence-electron chi connectivity index (χ0n) is 6.58. The maximum atomic E-state index is 10.1. The molecule has 0 aromatic carbocycles. The molecule has 1 heterocycles. The van der Waals surface area contributed by atoms with Gasteiger partial charge in [-0.05, 0) is 24.1 Å². The Morgan fingerprint density at radius 1 is 1.64 bits per heavy atom. The lowest BCUT2D eigenvalue weighted by molar-refractivity contribution is -0.107. The first-order valence-electron chi connectivity index (χ1n) is 3.74. The molecule has 1 aromatic heterocycles. The highest BCUT2D eigenvalue weighted by Gasteiger charge is 1.93. The van der Waals surface area contributed by atoms with Crippen molar-refractivity contribution in [2.45, 2.75) is 19.8 Å². The fourth-order valence-corrected chi connectivity index (χ4v) is 0.945. The van der Waals surface area contributed by atoms with Gasteiger partial charge in [0.1, 0.15) is 6.29 Å². The predicted molar refractivity (Wildman–Crippen MR) is 43.4 cm³/mol. The molecule has 1 aromatic rings. The van der Waals surface area contributed by atoms with E-state index in [1.165, 1.54) is 5.56 Å². The molecule has 0 N–H and O–H groups in total.